The van der Waals surface area contributed by atoms with Crippen molar-refractivity contribution in [1.82, 2.24) is 19.7 Å². The second-order valence-corrected chi connectivity index (χ2v) is 7.57. The molecule has 33 heavy (non-hydrogen) atoms. The third-order valence-electron chi connectivity index (χ3n) is 5.36. The molecule has 9 heteroatoms. The van der Waals surface area contributed by atoms with Crippen LogP contribution in [0.25, 0.3) is 22.3 Å². The lowest BCUT2D eigenvalue weighted by atomic mass is 10.2. The molecule has 0 aliphatic heterocycles. The number of fused-ring (bicyclic) bond motifs is 1. The summed E-state index contributed by atoms with van der Waals surface area (Å²) in [6.45, 7) is 2.50. The lowest BCUT2D eigenvalue weighted by Gasteiger charge is -2.25. The fourth-order valence-electron chi connectivity index (χ4n) is 3.66. The van der Waals surface area contributed by atoms with E-state index in [1.54, 1.807) is 26.6 Å². The number of nitrogens with two attached hydrogens (primary N) is 2. The van der Waals surface area contributed by atoms with Crippen molar-refractivity contribution in [3.8, 4) is 22.8 Å². The highest BCUT2D eigenvalue weighted by Crippen LogP contribution is 2.33. The third-order valence-corrected chi connectivity index (χ3v) is 5.36. The van der Waals surface area contributed by atoms with Crippen LogP contribution in [-0.2, 0) is 6.54 Å². The van der Waals surface area contributed by atoms with E-state index in [0.29, 0.717) is 31.1 Å². The first-order valence-corrected chi connectivity index (χ1v) is 10.9. The maximum absolute atomic E-state index is 5.95. The van der Waals surface area contributed by atoms with E-state index in [9.17, 15) is 0 Å². The molecule has 4 rings (SSSR count). The molecule has 0 aliphatic carbocycles. The SMILES string of the molecule is COc1cc(OC)cc(N(CCN)c2ccc3ncc(-c4cnn(CCCN)c4)nc3c2)c1. The Bertz CT molecular complexity index is 1200. The molecule has 0 atom stereocenters. The quantitative estimate of drug-likeness (QED) is 0.381. The smallest absolute Gasteiger partial charge is 0.124 e. The van der Waals surface area contributed by atoms with E-state index >= 15 is 0 Å². The summed E-state index contributed by atoms with van der Waals surface area (Å²) in [5.74, 6) is 1.42. The number of rotatable bonds is 10. The monoisotopic (exact) mass is 447 g/mol. The maximum Gasteiger partial charge on any atom is 0.124 e. The van der Waals surface area contributed by atoms with Crippen molar-refractivity contribution in [2.75, 3.05) is 38.8 Å². The van der Waals surface area contributed by atoms with Crippen LogP contribution in [0.3, 0.4) is 0 Å². The molecule has 4 N–H and O–H groups in total. The first-order chi connectivity index (χ1) is 16.1. The molecule has 9 nitrogen and oxygen atoms in total. The molecule has 4 aromatic rings. The standard InChI is InChI=1S/C24H29N7O2/c1-32-20-10-19(11-21(13-20)33-2)31(9-7-26)18-4-5-22-23(12-18)29-24(15-27-22)17-14-28-30(16-17)8-3-6-25/h4-5,10-16H,3,6-9,25-26H2,1-2H3. The van der Waals surface area contributed by atoms with Gasteiger partial charge in [-0.15, -0.1) is 0 Å². The van der Waals surface area contributed by atoms with Crippen LogP contribution in [0.4, 0.5) is 11.4 Å². The Morgan fingerprint density at radius 3 is 2.39 bits per heavy atom. The van der Waals surface area contributed by atoms with Crippen molar-refractivity contribution < 1.29 is 9.47 Å². The van der Waals surface area contributed by atoms with Gasteiger partial charge in [0.2, 0.25) is 0 Å². The van der Waals surface area contributed by atoms with E-state index in [4.69, 9.17) is 25.9 Å². The Kier molecular flexibility index (Phi) is 7.01. The fraction of sp³-hybridized carbons (Fsp3) is 0.292. The average molecular weight is 448 g/mol. The van der Waals surface area contributed by atoms with Gasteiger partial charge in [0.15, 0.2) is 0 Å². The predicted octanol–water partition coefficient (Wildman–Crippen LogP) is 2.96. The predicted molar refractivity (Wildman–Crippen MR) is 130 cm³/mol. The number of benzene rings is 2. The van der Waals surface area contributed by atoms with Crippen LogP contribution in [0.15, 0.2) is 55.0 Å². The molecular weight excluding hydrogens is 418 g/mol. The van der Waals surface area contributed by atoms with Crippen LogP contribution in [0.5, 0.6) is 11.5 Å². The van der Waals surface area contributed by atoms with E-state index in [2.05, 4.69) is 15.0 Å². The lowest BCUT2D eigenvalue weighted by molar-refractivity contribution is 0.394. The molecule has 172 valence electrons. The van der Waals surface area contributed by atoms with Crippen molar-refractivity contribution in [2.45, 2.75) is 13.0 Å². The van der Waals surface area contributed by atoms with Crippen LogP contribution in [0.2, 0.25) is 0 Å². The van der Waals surface area contributed by atoms with Gasteiger partial charge in [-0.3, -0.25) is 9.67 Å². The summed E-state index contributed by atoms with van der Waals surface area (Å²) in [6, 6.07) is 11.8. The second kappa shape index (κ2) is 10.3. The van der Waals surface area contributed by atoms with Crippen LogP contribution < -0.4 is 25.8 Å². The van der Waals surface area contributed by atoms with E-state index in [1.165, 1.54) is 0 Å². The number of aromatic nitrogens is 4. The molecule has 0 aliphatic rings. The highest BCUT2D eigenvalue weighted by Gasteiger charge is 2.14. The maximum atomic E-state index is 5.95. The Balaban J connectivity index is 1.71. The minimum Gasteiger partial charge on any atom is -0.497 e. The molecule has 2 aromatic carbocycles. The molecule has 0 spiro atoms. The number of ether oxygens (including phenoxy) is 2. The Hall–Kier alpha value is -3.69. The molecule has 2 aromatic heterocycles. The van der Waals surface area contributed by atoms with Crippen LogP contribution in [0, 0.1) is 0 Å². The molecule has 0 unspecified atom stereocenters. The summed E-state index contributed by atoms with van der Waals surface area (Å²) in [4.78, 5) is 11.6. The van der Waals surface area contributed by atoms with Gasteiger partial charge in [0.05, 0.1) is 43.3 Å². The van der Waals surface area contributed by atoms with Crippen molar-refractivity contribution in [3.05, 3.63) is 55.0 Å². The molecule has 0 radical (unpaired) electrons. The van der Waals surface area contributed by atoms with Crippen LogP contribution >= 0.6 is 0 Å². The normalized spacial score (nSPS) is 11.0. The fourth-order valence-corrected chi connectivity index (χ4v) is 3.66. The van der Waals surface area contributed by atoms with Gasteiger partial charge >= 0.3 is 0 Å². The lowest BCUT2D eigenvalue weighted by Crippen LogP contribution is -2.24. The van der Waals surface area contributed by atoms with E-state index in [-0.39, 0.29) is 0 Å². The first-order valence-electron chi connectivity index (χ1n) is 10.9. The van der Waals surface area contributed by atoms with E-state index in [0.717, 1.165) is 46.6 Å². The number of hydrogen-bond acceptors (Lipinski definition) is 8. The number of nitrogens with zero attached hydrogens (tertiary/aromatic N) is 5. The van der Waals surface area contributed by atoms with Gasteiger partial charge in [-0.1, -0.05) is 0 Å². The number of methoxy groups -OCH3 is 2. The van der Waals surface area contributed by atoms with Gasteiger partial charge in [0.1, 0.15) is 11.5 Å². The van der Waals surface area contributed by atoms with Gasteiger partial charge in [-0.25, -0.2) is 4.98 Å². The van der Waals surface area contributed by atoms with E-state index in [1.807, 2.05) is 47.3 Å². The molecule has 2 heterocycles. The summed E-state index contributed by atoms with van der Waals surface area (Å²) in [7, 11) is 3.27. The number of hydrogen-bond donors (Lipinski definition) is 2. The van der Waals surface area contributed by atoms with Crippen molar-refractivity contribution in [1.29, 1.82) is 0 Å². The Morgan fingerprint density at radius 2 is 1.70 bits per heavy atom. The highest BCUT2D eigenvalue weighted by molar-refractivity contribution is 5.82. The zero-order chi connectivity index (χ0) is 23.2. The van der Waals surface area contributed by atoms with Gasteiger partial charge in [-0.2, -0.15) is 5.10 Å². The van der Waals surface area contributed by atoms with Gasteiger partial charge in [0.25, 0.3) is 0 Å². The zero-order valence-corrected chi connectivity index (χ0v) is 18.9. The van der Waals surface area contributed by atoms with Crippen LogP contribution in [-0.4, -0.2) is 53.6 Å². The summed E-state index contributed by atoms with van der Waals surface area (Å²) in [5, 5.41) is 4.40. The largest absolute Gasteiger partial charge is 0.497 e. The molecule has 0 bridgehead atoms. The summed E-state index contributed by atoms with van der Waals surface area (Å²) < 4.78 is 12.8. The highest BCUT2D eigenvalue weighted by atomic mass is 16.5. The van der Waals surface area contributed by atoms with Gasteiger partial charge in [-0.05, 0) is 31.2 Å². The number of aryl methyl sites for hydroxylation is 1. The van der Waals surface area contributed by atoms with Crippen molar-refractivity contribution in [2.24, 2.45) is 11.5 Å². The summed E-state index contributed by atoms with van der Waals surface area (Å²) in [5.41, 5.74) is 16.7. The van der Waals surface area contributed by atoms with Gasteiger partial charge < -0.3 is 25.8 Å². The molecular formula is C24H29N7O2. The molecule has 0 fully saturated rings. The third kappa shape index (κ3) is 5.05. The van der Waals surface area contributed by atoms with E-state index < -0.39 is 0 Å². The number of anilines is 2. The molecule has 0 saturated carbocycles. The van der Waals surface area contributed by atoms with Crippen LogP contribution in [0.1, 0.15) is 6.42 Å². The molecule has 0 saturated heterocycles. The minimum atomic E-state index is 0.477. The Labute approximate surface area is 192 Å². The Morgan fingerprint density at radius 1 is 0.909 bits per heavy atom. The van der Waals surface area contributed by atoms with Crippen molar-refractivity contribution >= 4 is 22.4 Å². The average Bonchev–Trinajstić information content (AvgIpc) is 3.34. The van der Waals surface area contributed by atoms with Crippen molar-refractivity contribution in [3.63, 3.8) is 0 Å². The summed E-state index contributed by atoms with van der Waals surface area (Å²) >= 11 is 0. The topological polar surface area (TPSA) is 117 Å². The first kappa shape index (κ1) is 22.5. The zero-order valence-electron chi connectivity index (χ0n) is 18.9. The molecule has 0 amide bonds. The minimum absolute atomic E-state index is 0.477. The van der Waals surface area contributed by atoms with Gasteiger partial charge in [0, 0.05) is 61.0 Å². The summed E-state index contributed by atoms with van der Waals surface area (Å²) in [6.07, 6.45) is 6.43. The second-order valence-electron chi connectivity index (χ2n) is 7.57.